The molecular formula is C62H52Cl2N4O4. The van der Waals surface area contributed by atoms with Gasteiger partial charge in [0.2, 0.25) is 0 Å². The second kappa shape index (κ2) is 20.1. The molecule has 11 rings (SSSR count). The van der Waals surface area contributed by atoms with E-state index in [1.54, 1.807) is 14.2 Å². The van der Waals surface area contributed by atoms with Crippen LogP contribution >= 0.6 is 23.2 Å². The van der Waals surface area contributed by atoms with Gasteiger partial charge in [-0.2, -0.15) is 0 Å². The fourth-order valence-corrected chi connectivity index (χ4v) is 10.7. The first-order valence-corrected chi connectivity index (χ1v) is 25.1. The second-order valence-corrected chi connectivity index (χ2v) is 18.6. The number of benzene rings is 7. The minimum absolute atomic E-state index is 0.524. The van der Waals surface area contributed by atoms with E-state index in [9.17, 15) is 0 Å². The van der Waals surface area contributed by atoms with Gasteiger partial charge < -0.3 is 28.1 Å². The van der Waals surface area contributed by atoms with Crippen LogP contribution in [0.3, 0.4) is 0 Å². The third-order valence-corrected chi connectivity index (χ3v) is 14.1. The number of ether oxygens (including phenoxy) is 4. The average Bonchev–Trinajstić information content (AvgIpc) is 3.94. The van der Waals surface area contributed by atoms with Crippen molar-refractivity contribution in [3.63, 3.8) is 0 Å². The highest BCUT2D eigenvalue weighted by atomic mass is 35.5. The van der Waals surface area contributed by atoms with Gasteiger partial charge in [-0.25, -0.2) is 0 Å². The Balaban J connectivity index is 1.03. The summed E-state index contributed by atoms with van der Waals surface area (Å²) in [4.78, 5) is 10.4. The van der Waals surface area contributed by atoms with Crippen LogP contribution in [0, 0.1) is 0 Å². The van der Waals surface area contributed by atoms with Crippen molar-refractivity contribution >= 4 is 47.0 Å². The van der Waals surface area contributed by atoms with Crippen molar-refractivity contribution in [2.45, 2.75) is 39.8 Å². The molecule has 72 heavy (non-hydrogen) atoms. The van der Waals surface area contributed by atoms with Crippen molar-refractivity contribution in [1.82, 2.24) is 9.13 Å². The fourth-order valence-electron chi connectivity index (χ4n) is 10.4. The summed E-state index contributed by atoms with van der Waals surface area (Å²) in [6.45, 7) is 6.63. The number of rotatable bonds is 14. The van der Waals surface area contributed by atoms with E-state index in [1.165, 1.54) is 11.1 Å². The molecule has 0 aliphatic carbocycles. The van der Waals surface area contributed by atoms with Crippen molar-refractivity contribution in [2.24, 2.45) is 9.98 Å². The molecule has 2 aromatic heterocycles. The van der Waals surface area contributed by atoms with Gasteiger partial charge in [0.25, 0.3) is 0 Å². The van der Waals surface area contributed by atoms with E-state index in [2.05, 4.69) is 118 Å². The van der Waals surface area contributed by atoms with Gasteiger partial charge in [0.05, 0.1) is 61.6 Å². The van der Waals surface area contributed by atoms with Crippen molar-refractivity contribution in [3.8, 4) is 90.3 Å². The zero-order chi connectivity index (χ0) is 49.3. The number of aliphatic imine (C=N–C) groups is 2. The Labute approximate surface area is 430 Å². The summed E-state index contributed by atoms with van der Waals surface area (Å²) in [5.41, 5.74) is 19.0. The molecule has 0 radical (unpaired) electrons. The van der Waals surface area contributed by atoms with Crippen LogP contribution < -0.4 is 18.9 Å². The molecule has 358 valence electrons. The van der Waals surface area contributed by atoms with Crippen LogP contribution in [0.2, 0.25) is 10.0 Å². The zero-order valence-corrected chi connectivity index (χ0v) is 42.1. The van der Waals surface area contributed by atoms with Crippen LogP contribution in [-0.4, -0.2) is 49.0 Å². The molecule has 0 atom stereocenters. The largest absolute Gasteiger partial charge is 0.493 e. The molecule has 0 unspecified atom stereocenters. The Bertz CT molecular complexity index is 3510. The first-order chi connectivity index (χ1) is 35.3. The Hall–Kier alpha value is -7.78. The summed E-state index contributed by atoms with van der Waals surface area (Å²) < 4.78 is 28.8. The van der Waals surface area contributed by atoms with E-state index in [0.29, 0.717) is 34.8 Å². The van der Waals surface area contributed by atoms with E-state index in [4.69, 9.17) is 52.1 Å². The number of aryl methyl sites for hydroxylation is 2. The van der Waals surface area contributed by atoms with Gasteiger partial charge in [-0.05, 0) is 133 Å². The predicted octanol–water partition coefficient (Wildman–Crippen LogP) is 16.0. The summed E-state index contributed by atoms with van der Waals surface area (Å²) in [5, 5.41) is 1.35. The van der Waals surface area contributed by atoms with Gasteiger partial charge in [-0.15, -0.1) is 0 Å². The number of fused-ring (bicyclic) bond motifs is 6. The number of hydrogen-bond donors (Lipinski definition) is 0. The predicted molar refractivity (Wildman–Crippen MR) is 295 cm³/mol. The second-order valence-electron chi connectivity index (χ2n) is 17.7. The Morgan fingerprint density at radius 3 is 1.26 bits per heavy atom. The normalized spacial score (nSPS) is 12.6. The highest BCUT2D eigenvalue weighted by molar-refractivity contribution is 6.31. The van der Waals surface area contributed by atoms with E-state index >= 15 is 0 Å². The van der Waals surface area contributed by atoms with E-state index < -0.39 is 0 Å². The molecule has 2 aliphatic rings. The van der Waals surface area contributed by atoms with Crippen molar-refractivity contribution in [2.75, 3.05) is 27.4 Å². The summed E-state index contributed by atoms with van der Waals surface area (Å²) in [7, 11) is 3.36. The first-order valence-electron chi connectivity index (χ1n) is 24.4. The molecule has 0 spiro atoms. The summed E-state index contributed by atoms with van der Waals surface area (Å²) in [6.07, 6.45) is 5.69. The molecule has 0 saturated carbocycles. The third-order valence-electron chi connectivity index (χ3n) is 13.6. The smallest absolute Gasteiger partial charge is 0.161 e. The summed E-state index contributed by atoms with van der Waals surface area (Å²) in [6, 6.07) is 54.0. The van der Waals surface area contributed by atoms with Gasteiger partial charge in [-0.3, -0.25) is 9.98 Å². The number of halogens is 2. The Morgan fingerprint density at radius 2 is 0.847 bits per heavy atom. The Morgan fingerprint density at radius 1 is 0.458 bits per heavy atom. The summed E-state index contributed by atoms with van der Waals surface area (Å²) >= 11 is 13.0. The number of methoxy groups -OCH3 is 2. The molecule has 7 aromatic carbocycles. The number of nitrogens with zero attached hydrogens (tertiary/aromatic N) is 4. The van der Waals surface area contributed by atoms with Crippen LogP contribution in [0.1, 0.15) is 36.1 Å². The molecule has 10 heteroatoms. The average molecular weight is 988 g/mol. The SMILES string of the molecule is CCOc1cc2c(cc1OCC)-c1c(-c3ccc(Cl)cc3)c(C=Nc3ccc(N=Cc4c(-c5ccc(Cl)cc5)c5n(c4-c4ccccc4)CCc4cc(OC)c(OC)cc4-5)cc3)c(-c3ccccc3)n1CC2. The van der Waals surface area contributed by atoms with E-state index in [1.807, 2.05) is 74.8 Å². The van der Waals surface area contributed by atoms with E-state index in [0.717, 1.165) is 127 Å². The molecular weight excluding hydrogens is 936 g/mol. The minimum Gasteiger partial charge on any atom is -0.493 e. The van der Waals surface area contributed by atoms with Gasteiger partial charge in [0, 0.05) is 68.9 Å². The molecule has 0 N–H and O–H groups in total. The highest BCUT2D eigenvalue weighted by Crippen LogP contribution is 2.51. The lowest BCUT2D eigenvalue weighted by molar-refractivity contribution is 0.287. The van der Waals surface area contributed by atoms with Gasteiger partial charge in [0.15, 0.2) is 23.0 Å². The first kappa shape index (κ1) is 46.6. The van der Waals surface area contributed by atoms with Crippen LogP contribution in [-0.2, 0) is 25.9 Å². The lowest BCUT2D eigenvalue weighted by Gasteiger charge is -2.24. The molecule has 0 amide bonds. The quantitative estimate of drug-likeness (QED) is 0.102. The minimum atomic E-state index is 0.524. The van der Waals surface area contributed by atoms with Crippen LogP contribution in [0.5, 0.6) is 23.0 Å². The Kier molecular flexibility index (Phi) is 13.0. The fraction of sp³-hybridized carbons (Fsp3) is 0.161. The topological polar surface area (TPSA) is 71.5 Å². The zero-order valence-electron chi connectivity index (χ0n) is 40.6. The van der Waals surface area contributed by atoms with Crippen LogP contribution in [0.15, 0.2) is 168 Å². The lowest BCUT2D eigenvalue weighted by atomic mass is 9.91. The number of aromatic nitrogens is 2. The van der Waals surface area contributed by atoms with Gasteiger partial charge in [0.1, 0.15) is 0 Å². The molecule has 9 aromatic rings. The highest BCUT2D eigenvalue weighted by Gasteiger charge is 2.32. The molecule has 4 heterocycles. The molecule has 0 saturated heterocycles. The molecule has 0 fully saturated rings. The maximum absolute atomic E-state index is 6.53. The van der Waals surface area contributed by atoms with Gasteiger partial charge >= 0.3 is 0 Å². The van der Waals surface area contributed by atoms with Crippen molar-refractivity contribution in [1.29, 1.82) is 0 Å². The summed E-state index contributed by atoms with van der Waals surface area (Å²) in [5.74, 6) is 2.89. The monoisotopic (exact) mass is 986 g/mol. The molecule has 2 aliphatic heterocycles. The standard InChI is InChI=1S/C62H52Cl2N4O4/c1-5-71-55-34-44-30-32-68-60(42-15-11-8-12-16-42)52(58(40-19-23-46(64)24-20-40)62(68)50(44)36-56(55)72-6-2)38-66-48-27-25-47(26-28-48)65-37-51-57(39-17-21-45(63)22-18-39)61-49-35-54(70-4)53(69-3)33-43(49)29-31-67(61)59(51)41-13-9-7-10-14-41/h7-28,33-38H,5-6,29-32H2,1-4H3. The molecule has 0 bridgehead atoms. The van der Waals surface area contributed by atoms with Crippen LogP contribution in [0.25, 0.3) is 67.3 Å². The lowest BCUT2D eigenvalue weighted by Crippen LogP contribution is -2.13. The maximum Gasteiger partial charge on any atom is 0.161 e. The van der Waals surface area contributed by atoms with Crippen molar-refractivity contribution < 1.29 is 18.9 Å². The molecule has 8 nitrogen and oxygen atoms in total. The van der Waals surface area contributed by atoms with E-state index in [-0.39, 0.29) is 0 Å². The number of hydrogen-bond acceptors (Lipinski definition) is 6. The third kappa shape index (κ3) is 8.65. The van der Waals surface area contributed by atoms with Crippen molar-refractivity contribution in [3.05, 3.63) is 190 Å². The van der Waals surface area contributed by atoms with Crippen LogP contribution in [0.4, 0.5) is 11.4 Å². The van der Waals surface area contributed by atoms with Gasteiger partial charge in [-0.1, -0.05) is 108 Å². The maximum atomic E-state index is 6.53.